The molecule has 0 radical (unpaired) electrons. The van der Waals surface area contributed by atoms with Crippen molar-refractivity contribution in [3.8, 4) is 5.88 Å². The lowest BCUT2D eigenvalue weighted by atomic mass is 10.2. The fraction of sp³-hybridized carbons (Fsp3) is 0.750. The van der Waals surface area contributed by atoms with Crippen LogP contribution < -0.4 is 10.1 Å². The second kappa shape index (κ2) is 7.07. The van der Waals surface area contributed by atoms with Crippen molar-refractivity contribution in [2.75, 3.05) is 18.5 Å². The molecule has 1 saturated carbocycles. The van der Waals surface area contributed by atoms with Gasteiger partial charge in [0.1, 0.15) is 11.9 Å². The molecular formula is C16H25N3O2. The van der Waals surface area contributed by atoms with E-state index in [1.54, 1.807) is 0 Å². The summed E-state index contributed by atoms with van der Waals surface area (Å²) in [7, 11) is 0. The second-order valence-electron chi connectivity index (χ2n) is 5.93. The van der Waals surface area contributed by atoms with E-state index in [-0.39, 0.29) is 6.10 Å². The molecule has 2 aliphatic rings. The van der Waals surface area contributed by atoms with Gasteiger partial charge in [-0.25, -0.2) is 4.98 Å². The molecule has 5 nitrogen and oxygen atoms in total. The van der Waals surface area contributed by atoms with Crippen LogP contribution in [-0.2, 0) is 4.74 Å². The standard InChI is InChI=1S/C16H25N3O2/c1-2-9-21-15-11-14(17-12-6-3-4-7-12)18-16(19-15)13-8-5-10-20-13/h11-13H,2-10H2,1H3,(H,17,18,19). The maximum absolute atomic E-state index is 5.72. The molecule has 21 heavy (non-hydrogen) atoms. The van der Waals surface area contributed by atoms with Crippen molar-refractivity contribution < 1.29 is 9.47 Å². The van der Waals surface area contributed by atoms with Gasteiger partial charge < -0.3 is 14.8 Å². The quantitative estimate of drug-likeness (QED) is 0.869. The van der Waals surface area contributed by atoms with Crippen molar-refractivity contribution in [2.24, 2.45) is 0 Å². The van der Waals surface area contributed by atoms with Crippen LogP contribution in [0.3, 0.4) is 0 Å². The number of ether oxygens (including phenoxy) is 2. The summed E-state index contributed by atoms with van der Waals surface area (Å²) >= 11 is 0. The highest BCUT2D eigenvalue weighted by atomic mass is 16.5. The van der Waals surface area contributed by atoms with Crippen molar-refractivity contribution in [1.82, 2.24) is 9.97 Å². The molecule has 0 bridgehead atoms. The molecule has 1 aliphatic carbocycles. The number of nitrogens with zero attached hydrogens (tertiary/aromatic N) is 2. The van der Waals surface area contributed by atoms with Gasteiger partial charge in [0.15, 0.2) is 5.82 Å². The highest BCUT2D eigenvalue weighted by molar-refractivity contribution is 5.40. The third-order valence-corrected chi connectivity index (χ3v) is 4.10. The Hall–Kier alpha value is -1.36. The molecule has 1 aromatic rings. The highest BCUT2D eigenvalue weighted by Crippen LogP contribution is 2.29. The minimum atomic E-state index is 0.0271. The smallest absolute Gasteiger partial charge is 0.218 e. The Labute approximate surface area is 126 Å². The van der Waals surface area contributed by atoms with Crippen LogP contribution in [0.4, 0.5) is 5.82 Å². The highest BCUT2D eigenvalue weighted by Gasteiger charge is 2.23. The van der Waals surface area contributed by atoms with E-state index < -0.39 is 0 Å². The molecule has 2 fully saturated rings. The SMILES string of the molecule is CCCOc1cc(NC2CCCC2)nc(C2CCCO2)n1. The maximum atomic E-state index is 5.72. The van der Waals surface area contributed by atoms with Crippen molar-refractivity contribution in [2.45, 2.75) is 64.0 Å². The molecule has 1 aliphatic heterocycles. The predicted molar refractivity (Wildman–Crippen MR) is 81.6 cm³/mol. The molecule has 0 aromatic carbocycles. The molecule has 2 heterocycles. The van der Waals surface area contributed by atoms with Crippen molar-refractivity contribution >= 4 is 5.82 Å². The van der Waals surface area contributed by atoms with Gasteiger partial charge in [-0.3, -0.25) is 0 Å². The Morgan fingerprint density at radius 3 is 2.81 bits per heavy atom. The summed E-state index contributed by atoms with van der Waals surface area (Å²) < 4.78 is 11.4. The summed E-state index contributed by atoms with van der Waals surface area (Å²) in [6.07, 6.45) is 8.15. The van der Waals surface area contributed by atoms with Crippen LogP contribution in [0.15, 0.2) is 6.07 Å². The van der Waals surface area contributed by atoms with Crippen molar-refractivity contribution in [1.29, 1.82) is 0 Å². The van der Waals surface area contributed by atoms with Crippen molar-refractivity contribution in [3.05, 3.63) is 11.9 Å². The summed E-state index contributed by atoms with van der Waals surface area (Å²) in [6, 6.07) is 2.46. The maximum Gasteiger partial charge on any atom is 0.218 e. The molecule has 1 saturated heterocycles. The predicted octanol–water partition coefficient (Wildman–Crippen LogP) is 3.47. The summed E-state index contributed by atoms with van der Waals surface area (Å²) in [5.41, 5.74) is 0. The van der Waals surface area contributed by atoms with Crippen LogP contribution in [0, 0.1) is 0 Å². The van der Waals surface area contributed by atoms with Gasteiger partial charge in [0.05, 0.1) is 6.61 Å². The van der Waals surface area contributed by atoms with Gasteiger partial charge in [-0.05, 0) is 32.1 Å². The number of hydrogen-bond donors (Lipinski definition) is 1. The minimum absolute atomic E-state index is 0.0271. The normalized spacial score (nSPS) is 22.6. The molecule has 1 unspecified atom stereocenters. The third kappa shape index (κ3) is 3.84. The van der Waals surface area contributed by atoms with Crippen LogP contribution in [0.2, 0.25) is 0 Å². The number of anilines is 1. The van der Waals surface area contributed by atoms with E-state index in [2.05, 4.69) is 22.2 Å². The van der Waals surface area contributed by atoms with E-state index in [0.717, 1.165) is 37.5 Å². The van der Waals surface area contributed by atoms with Crippen LogP contribution in [0.25, 0.3) is 0 Å². The summed E-state index contributed by atoms with van der Waals surface area (Å²) in [6.45, 7) is 3.59. The molecule has 0 amide bonds. The number of aromatic nitrogens is 2. The number of nitrogens with one attached hydrogen (secondary N) is 1. The van der Waals surface area contributed by atoms with E-state index in [0.29, 0.717) is 18.5 Å². The van der Waals surface area contributed by atoms with Crippen LogP contribution >= 0.6 is 0 Å². The molecule has 0 spiro atoms. The second-order valence-corrected chi connectivity index (χ2v) is 5.93. The van der Waals surface area contributed by atoms with Gasteiger partial charge in [0.25, 0.3) is 0 Å². The number of rotatable bonds is 6. The molecule has 1 aromatic heterocycles. The lowest BCUT2D eigenvalue weighted by molar-refractivity contribution is 0.104. The van der Waals surface area contributed by atoms with Gasteiger partial charge in [0.2, 0.25) is 5.88 Å². The first-order valence-corrected chi connectivity index (χ1v) is 8.25. The zero-order valence-corrected chi connectivity index (χ0v) is 12.8. The van der Waals surface area contributed by atoms with Crippen LogP contribution in [-0.4, -0.2) is 29.2 Å². The first-order chi connectivity index (χ1) is 10.3. The summed E-state index contributed by atoms with van der Waals surface area (Å²) in [5.74, 6) is 2.31. The molecule has 116 valence electrons. The first kappa shape index (κ1) is 14.6. The molecule has 5 heteroatoms. The molecular weight excluding hydrogens is 266 g/mol. The van der Waals surface area contributed by atoms with E-state index in [9.17, 15) is 0 Å². The van der Waals surface area contributed by atoms with Gasteiger partial charge in [-0.1, -0.05) is 19.8 Å². The molecule has 1 atom stereocenters. The third-order valence-electron chi connectivity index (χ3n) is 4.10. The average Bonchev–Trinajstić information content (AvgIpc) is 3.18. The van der Waals surface area contributed by atoms with E-state index in [4.69, 9.17) is 9.47 Å². The van der Waals surface area contributed by atoms with Gasteiger partial charge >= 0.3 is 0 Å². The van der Waals surface area contributed by atoms with Crippen molar-refractivity contribution in [3.63, 3.8) is 0 Å². The topological polar surface area (TPSA) is 56.3 Å². The Morgan fingerprint density at radius 2 is 2.10 bits per heavy atom. The van der Waals surface area contributed by atoms with Gasteiger partial charge in [0, 0.05) is 18.7 Å². The van der Waals surface area contributed by atoms with Crippen LogP contribution in [0.5, 0.6) is 5.88 Å². The molecule has 1 N–H and O–H groups in total. The monoisotopic (exact) mass is 291 g/mol. The van der Waals surface area contributed by atoms with Crippen LogP contribution in [0.1, 0.15) is 63.8 Å². The Morgan fingerprint density at radius 1 is 1.24 bits per heavy atom. The average molecular weight is 291 g/mol. The first-order valence-electron chi connectivity index (χ1n) is 8.25. The zero-order chi connectivity index (χ0) is 14.5. The largest absolute Gasteiger partial charge is 0.478 e. The summed E-state index contributed by atoms with van der Waals surface area (Å²) in [5, 5.41) is 3.53. The minimum Gasteiger partial charge on any atom is -0.478 e. The van der Waals surface area contributed by atoms with Gasteiger partial charge in [-0.2, -0.15) is 4.98 Å². The fourth-order valence-electron chi connectivity index (χ4n) is 3.00. The van der Waals surface area contributed by atoms with E-state index >= 15 is 0 Å². The Kier molecular flexibility index (Phi) is 4.91. The molecule has 3 rings (SSSR count). The fourth-order valence-corrected chi connectivity index (χ4v) is 3.00. The van der Waals surface area contributed by atoms with Gasteiger partial charge in [-0.15, -0.1) is 0 Å². The number of hydrogen-bond acceptors (Lipinski definition) is 5. The Bertz CT molecular complexity index is 455. The Balaban J connectivity index is 1.77. The summed E-state index contributed by atoms with van der Waals surface area (Å²) in [4.78, 5) is 9.19. The zero-order valence-electron chi connectivity index (χ0n) is 12.8. The van der Waals surface area contributed by atoms with E-state index in [1.165, 1.54) is 25.7 Å². The lowest BCUT2D eigenvalue weighted by Gasteiger charge is -2.16. The lowest BCUT2D eigenvalue weighted by Crippen LogP contribution is -2.17. The van der Waals surface area contributed by atoms with E-state index in [1.807, 2.05) is 6.07 Å².